The van der Waals surface area contributed by atoms with Gasteiger partial charge >= 0.3 is 0 Å². The number of halogens is 2. The number of aryl methyl sites for hydroxylation is 1. The Morgan fingerprint density at radius 3 is 2.12 bits per heavy atom. The van der Waals surface area contributed by atoms with Gasteiger partial charge in [0.15, 0.2) is 0 Å². The van der Waals surface area contributed by atoms with E-state index < -0.39 is 52.2 Å². The molecule has 3 aromatic rings. The van der Waals surface area contributed by atoms with Crippen molar-refractivity contribution in [1.29, 1.82) is 0 Å². The van der Waals surface area contributed by atoms with Gasteiger partial charge in [-0.15, -0.1) is 0 Å². The first-order valence-electron chi connectivity index (χ1n) is 16.7. The van der Waals surface area contributed by atoms with Crippen LogP contribution >= 0.6 is 0 Å². The molecule has 10 nitrogen and oxygen atoms in total. The summed E-state index contributed by atoms with van der Waals surface area (Å²) in [5, 5.41) is 26.5. The second kappa shape index (κ2) is 19.4. The molecule has 0 aliphatic heterocycles. The van der Waals surface area contributed by atoms with Crippen LogP contribution in [0.25, 0.3) is 0 Å². The summed E-state index contributed by atoms with van der Waals surface area (Å²) in [4.78, 5) is 28.6. The Hall–Kier alpha value is -3.75. The van der Waals surface area contributed by atoms with Crippen molar-refractivity contribution >= 4 is 21.8 Å². The topological polar surface area (TPSA) is 148 Å². The maximum atomic E-state index is 14.1. The summed E-state index contributed by atoms with van der Waals surface area (Å²) in [6, 6.07) is 13.5. The number of carbonyl (C=O) groups excluding carboxylic acids is 2. The Balaban J connectivity index is 1.92. The lowest BCUT2D eigenvalue weighted by molar-refractivity contribution is 0.0755. The third kappa shape index (κ3) is 12.0. The molecule has 2 atom stereocenters. The van der Waals surface area contributed by atoms with Crippen LogP contribution in [0.2, 0.25) is 0 Å². The second-order valence-corrected chi connectivity index (χ2v) is 13.6. The van der Waals surface area contributed by atoms with E-state index in [0.717, 1.165) is 36.2 Å². The van der Waals surface area contributed by atoms with Gasteiger partial charge in [0.05, 0.1) is 23.6 Å². The molecule has 0 saturated heterocycles. The van der Waals surface area contributed by atoms with Crippen molar-refractivity contribution in [2.45, 2.75) is 76.5 Å². The first-order valence-corrected chi connectivity index (χ1v) is 18.2. The number of aliphatic hydroxyl groups is 2. The highest BCUT2D eigenvalue weighted by molar-refractivity contribution is 7.89. The lowest BCUT2D eigenvalue weighted by Crippen LogP contribution is -2.46. The molecule has 0 aromatic heterocycles. The summed E-state index contributed by atoms with van der Waals surface area (Å²) < 4.78 is 56.6. The molecule has 49 heavy (non-hydrogen) atoms. The minimum Gasteiger partial charge on any atom is -0.395 e. The number of carbonyl (C=O) groups is 2. The summed E-state index contributed by atoms with van der Waals surface area (Å²) in [6.45, 7) is 6.88. The highest BCUT2D eigenvalue weighted by Crippen LogP contribution is 2.20. The number of aliphatic hydroxyl groups excluding tert-OH is 2. The van der Waals surface area contributed by atoms with E-state index in [0.29, 0.717) is 39.0 Å². The van der Waals surface area contributed by atoms with Crippen LogP contribution in [0.1, 0.15) is 77.4 Å². The van der Waals surface area contributed by atoms with E-state index >= 15 is 0 Å². The van der Waals surface area contributed by atoms with Crippen molar-refractivity contribution in [3.63, 3.8) is 0 Å². The molecule has 3 rings (SSSR count). The predicted molar refractivity (Wildman–Crippen MR) is 185 cm³/mol. The average Bonchev–Trinajstić information content (AvgIpc) is 3.07. The Morgan fingerprint density at radius 1 is 0.878 bits per heavy atom. The molecule has 0 aliphatic carbocycles. The summed E-state index contributed by atoms with van der Waals surface area (Å²) in [5.74, 6) is -2.88. The van der Waals surface area contributed by atoms with Crippen molar-refractivity contribution in [2.24, 2.45) is 0 Å². The minimum atomic E-state index is -4.23. The van der Waals surface area contributed by atoms with Crippen molar-refractivity contribution in [2.75, 3.05) is 32.8 Å². The fourth-order valence-electron chi connectivity index (χ4n) is 5.58. The first-order chi connectivity index (χ1) is 23.4. The minimum absolute atomic E-state index is 0.0280. The molecule has 0 heterocycles. The molecule has 0 radical (unpaired) electrons. The number of hydrogen-bond donors (Lipinski definition) is 5. The van der Waals surface area contributed by atoms with Gasteiger partial charge in [0.25, 0.3) is 11.8 Å². The van der Waals surface area contributed by atoms with Crippen molar-refractivity contribution < 1.29 is 37.0 Å². The molecule has 0 bridgehead atoms. The fraction of sp³-hybridized carbons (Fsp3) is 0.444. The number of amides is 2. The lowest BCUT2D eigenvalue weighted by atomic mass is 9.98. The third-order valence-electron chi connectivity index (χ3n) is 7.99. The average molecular weight is 703 g/mol. The van der Waals surface area contributed by atoms with Gasteiger partial charge < -0.3 is 25.7 Å². The van der Waals surface area contributed by atoms with Crippen LogP contribution in [0.4, 0.5) is 8.78 Å². The molecular formula is C36H48F2N4O6S. The van der Waals surface area contributed by atoms with E-state index in [-0.39, 0.29) is 41.0 Å². The van der Waals surface area contributed by atoms with E-state index in [4.69, 9.17) is 0 Å². The maximum absolute atomic E-state index is 14.1. The van der Waals surface area contributed by atoms with Gasteiger partial charge in [-0.3, -0.25) is 9.59 Å². The second-order valence-electron chi connectivity index (χ2n) is 11.9. The van der Waals surface area contributed by atoms with Crippen molar-refractivity contribution in [3.05, 3.63) is 100 Å². The summed E-state index contributed by atoms with van der Waals surface area (Å²) in [5.41, 5.74) is 2.31. The summed E-state index contributed by atoms with van der Waals surface area (Å²) >= 11 is 0. The molecule has 13 heteroatoms. The highest BCUT2D eigenvalue weighted by atomic mass is 32.2. The Bertz CT molecular complexity index is 1630. The summed E-state index contributed by atoms with van der Waals surface area (Å²) in [7, 11) is -4.23. The SMILES string of the molecule is CCCN(CCC)C(=O)c1cc(C(=O)N[C@@H](Cc2cc(F)cc(F)c2)[C@H](O)CCNCc2ccccc2CC)cc(S(=O)(=O)NCCO)c1. The van der Waals surface area contributed by atoms with E-state index in [1.54, 1.807) is 4.90 Å². The number of hydrogen-bond acceptors (Lipinski definition) is 7. The lowest BCUT2D eigenvalue weighted by Gasteiger charge is -2.25. The van der Waals surface area contributed by atoms with Gasteiger partial charge in [-0.2, -0.15) is 0 Å². The number of nitrogens with one attached hydrogen (secondary N) is 3. The number of rotatable bonds is 20. The first kappa shape index (κ1) is 39.7. The van der Waals surface area contributed by atoms with Crippen LogP contribution in [-0.4, -0.2) is 80.3 Å². The van der Waals surface area contributed by atoms with Crippen LogP contribution < -0.4 is 15.4 Å². The van der Waals surface area contributed by atoms with Gasteiger partial charge in [0.2, 0.25) is 10.0 Å². The molecule has 268 valence electrons. The molecule has 0 fully saturated rings. The smallest absolute Gasteiger partial charge is 0.253 e. The Labute approximate surface area is 288 Å². The number of benzene rings is 3. The number of sulfonamides is 1. The van der Waals surface area contributed by atoms with Gasteiger partial charge in [-0.1, -0.05) is 45.0 Å². The molecule has 0 spiro atoms. The molecule has 0 unspecified atom stereocenters. The number of nitrogens with zero attached hydrogens (tertiary/aromatic N) is 1. The monoisotopic (exact) mass is 702 g/mol. The van der Waals surface area contributed by atoms with Crippen LogP contribution in [0, 0.1) is 11.6 Å². The third-order valence-corrected chi connectivity index (χ3v) is 9.44. The highest BCUT2D eigenvalue weighted by Gasteiger charge is 2.26. The Morgan fingerprint density at radius 2 is 1.51 bits per heavy atom. The van der Waals surface area contributed by atoms with Gasteiger partial charge in [0.1, 0.15) is 11.6 Å². The standard InChI is InChI=1S/C36H48F2N4O6S/c1-4-14-42(15-5-2)36(46)29-20-28(21-32(22-29)49(47,48)40-13-16-43)35(45)41-33(19-25-17-30(37)23-31(38)18-25)34(44)11-12-39-24-27-10-8-7-9-26(27)6-3/h7-10,17-18,20-23,33-34,39-40,43-44H,4-6,11-16,19,24H2,1-3H3,(H,41,45)/t33-,34+/m0/s1. The van der Waals surface area contributed by atoms with E-state index in [9.17, 15) is 37.0 Å². The molecule has 2 amide bonds. The summed E-state index contributed by atoms with van der Waals surface area (Å²) in [6.07, 6.45) is 1.05. The van der Waals surface area contributed by atoms with Crippen molar-refractivity contribution in [1.82, 2.24) is 20.3 Å². The fourth-order valence-corrected chi connectivity index (χ4v) is 6.67. The zero-order valence-corrected chi connectivity index (χ0v) is 29.2. The van der Waals surface area contributed by atoms with E-state index in [1.165, 1.54) is 17.7 Å². The zero-order valence-electron chi connectivity index (χ0n) is 28.3. The molecule has 0 saturated carbocycles. The van der Waals surface area contributed by atoms with Crippen LogP contribution in [0.3, 0.4) is 0 Å². The van der Waals surface area contributed by atoms with Crippen molar-refractivity contribution in [3.8, 4) is 0 Å². The molecular weight excluding hydrogens is 654 g/mol. The van der Waals surface area contributed by atoms with E-state index in [2.05, 4.69) is 22.3 Å². The molecule has 3 aromatic carbocycles. The van der Waals surface area contributed by atoms with Gasteiger partial charge in [0, 0.05) is 43.4 Å². The zero-order chi connectivity index (χ0) is 36.0. The van der Waals surface area contributed by atoms with Crippen LogP contribution in [0.15, 0.2) is 65.6 Å². The predicted octanol–water partition coefficient (Wildman–Crippen LogP) is 3.94. The molecule has 0 aliphatic rings. The van der Waals surface area contributed by atoms with Crippen LogP contribution in [0.5, 0.6) is 0 Å². The van der Waals surface area contributed by atoms with Gasteiger partial charge in [-0.25, -0.2) is 21.9 Å². The van der Waals surface area contributed by atoms with E-state index in [1.807, 2.05) is 38.1 Å². The van der Waals surface area contributed by atoms with Gasteiger partial charge in [-0.05, 0) is 85.7 Å². The van der Waals surface area contributed by atoms with Crippen LogP contribution in [-0.2, 0) is 29.4 Å². The maximum Gasteiger partial charge on any atom is 0.253 e. The quantitative estimate of drug-likeness (QED) is 0.112. The normalized spacial score (nSPS) is 12.8. The molecule has 5 N–H and O–H groups in total. The largest absolute Gasteiger partial charge is 0.395 e. The Kier molecular flexibility index (Phi) is 15.7.